The number of imidazole rings is 1. The lowest BCUT2D eigenvalue weighted by Crippen LogP contribution is -2.05. The Balaban J connectivity index is 2.41. The van der Waals surface area contributed by atoms with Gasteiger partial charge in [-0.1, -0.05) is 13.3 Å². The molecule has 0 aromatic carbocycles. The molecule has 0 radical (unpaired) electrons. The van der Waals surface area contributed by atoms with Crippen LogP contribution in [0, 0.1) is 0 Å². The second-order valence-corrected chi connectivity index (χ2v) is 2.99. The van der Waals surface area contributed by atoms with Gasteiger partial charge in [0.2, 0.25) is 0 Å². The third-order valence-corrected chi connectivity index (χ3v) is 1.81. The monoisotopic (exact) mass is 167 g/mol. The normalized spacial score (nSPS) is 10.5. The second-order valence-electron chi connectivity index (χ2n) is 2.99. The Hall–Kier alpha value is -0.830. The van der Waals surface area contributed by atoms with Gasteiger partial charge in [0.05, 0.1) is 12.0 Å². The Labute approximate surface area is 73.8 Å². The van der Waals surface area contributed by atoms with Crippen LogP contribution in [0.2, 0.25) is 0 Å². The first-order chi connectivity index (χ1) is 5.86. The van der Waals surface area contributed by atoms with Gasteiger partial charge < -0.3 is 9.88 Å². The maximum absolute atomic E-state index is 4.26. The van der Waals surface area contributed by atoms with E-state index >= 15 is 0 Å². The molecule has 0 saturated heterocycles. The van der Waals surface area contributed by atoms with Gasteiger partial charge >= 0.3 is 0 Å². The first kappa shape index (κ1) is 9.26. The minimum absolute atomic E-state index is 0.860. The molecule has 1 N–H and O–H groups in total. The van der Waals surface area contributed by atoms with E-state index in [0.29, 0.717) is 0 Å². The fourth-order valence-corrected chi connectivity index (χ4v) is 1.14. The van der Waals surface area contributed by atoms with Crippen LogP contribution in [0.4, 0.5) is 0 Å². The number of unbranched alkanes of at least 4 members (excludes halogenated alkanes) is 1. The van der Waals surface area contributed by atoms with Crippen molar-refractivity contribution in [2.45, 2.75) is 32.9 Å². The summed E-state index contributed by atoms with van der Waals surface area (Å²) in [5.74, 6) is 0. The van der Waals surface area contributed by atoms with E-state index in [-0.39, 0.29) is 0 Å². The predicted molar refractivity (Wildman–Crippen MR) is 49.9 cm³/mol. The average Bonchev–Trinajstić information content (AvgIpc) is 2.50. The summed E-state index contributed by atoms with van der Waals surface area (Å²) in [7, 11) is 1.94. The van der Waals surface area contributed by atoms with Crippen LogP contribution in [-0.4, -0.2) is 16.6 Å². The summed E-state index contributed by atoms with van der Waals surface area (Å²) in [6.07, 6.45) is 6.48. The highest BCUT2D eigenvalue weighted by molar-refractivity contribution is 4.95. The average molecular weight is 167 g/mol. The van der Waals surface area contributed by atoms with Gasteiger partial charge in [0.25, 0.3) is 0 Å². The second kappa shape index (κ2) is 4.93. The Morgan fingerprint density at radius 2 is 2.42 bits per heavy atom. The van der Waals surface area contributed by atoms with Crippen molar-refractivity contribution in [2.24, 2.45) is 0 Å². The zero-order chi connectivity index (χ0) is 8.81. The molecule has 1 heterocycles. The molecule has 0 atom stereocenters. The number of nitrogens with zero attached hydrogens (tertiary/aromatic N) is 2. The van der Waals surface area contributed by atoms with Crippen LogP contribution >= 0.6 is 0 Å². The zero-order valence-electron chi connectivity index (χ0n) is 7.88. The molecule has 0 aliphatic carbocycles. The SMILES string of the molecule is CCCCn1cnc(CNC)c1. The van der Waals surface area contributed by atoms with Gasteiger partial charge in [0.15, 0.2) is 0 Å². The van der Waals surface area contributed by atoms with Crippen LogP contribution < -0.4 is 5.32 Å². The van der Waals surface area contributed by atoms with E-state index in [0.717, 1.165) is 18.8 Å². The molecule has 3 heteroatoms. The summed E-state index contributed by atoms with van der Waals surface area (Å²) >= 11 is 0. The van der Waals surface area contributed by atoms with Gasteiger partial charge in [-0.05, 0) is 13.5 Å². The smallest absolute Gasteiger partial charge is 0.0949 e. The lowest BCUT2D eigenvalue weighted by atomic mass is 10.3. The quantitative estimate of drug-likeness (QED) is 0.718. The summed E-state index contributed by atoms with van der Waals surface area (Å²) in [6.45, 7) is 4.15. The van der Waals surface area contributed by atoms with E-state index in [1.165, 1.54) is 12.8 Å². The molecule has 1 aromatic heterocycles. The lowest BCUT2D eigenvalue weighted by Gasteiger charge is -1.97. The molecule has 0 unspecified atom stereocenters. The zero-order valence-corrected chi connectivity index (χ0v) is 7.88. The van der Waals surface area contributed by atoms with Crippen molar-refractivity contribution in [1.82, 2.24) is 14.9 Å². The molecule has 68 valence electrons. The molecule has 3 nitrogen and oxygen atoms in total. The van der Waals surface area contributed by atoms with E-state index in [1.807, 2.05) is 13.4 Å². The van der Waals surface area contributed by atoms with Crippen LogP contribution in [0.1, 0.15) is 25.5 Å². The molecule has 0 saturated carbocycles. The minimum Gasteiger partial charge on any atom is -0.337 e. The fourth-order valence-electron chi connectivity index (χ4n) is 1.14. The summed E-state index contributed by atoms with van der Waals surface area (Å²) in [6, 6.07) is 0. The standard InChI is InChI=1S/C9H17N3/c1-3-4-5-12-7-9(6-10-2)11-8-12/h7-8,10H,3-6H2,1-2H3. The minimum atomic E-state index is 0.860. The van der Waals surface area contributed by atoms with Gasteiger partial charge in [-0.15, -0.1) is 0 Å². The third kappa shape index (κ3) is 2.66. The van der Waals surface area contributed by atoms with Crippen molar-refractivity contribution < 1.29 is 0 Å². The number of aromatic nitrogens is 2. The van der Waals surface area contributed by atoms with Gasteiger partial charge in [-0.2, -0.15) is 0 Å². The molecule has 0 aliphatic rings. The van der Waals surface area contributed by atoms with Crippen molar-refractivity contribution in [2.75, 3.05) is 7.05 Å². The Morgan fingerprint density at radius 3 is 3.08 bits per heavy atom. The summed E-state index contributed by atoms with van der Waals surface area (Å²) in [5, 5.41) is 3.08. The van der Waals surface area contributed by atoms with Crippen LogP contribution in [0.3, 0.4) is 0 Å². The maximum Gasteiger partial charge on any atom is 0.0949 e. The highest BCUT2D eigenvalue weighted by atomic mass is 15.0. The molecule has 1 aromatic rings. The highest BCUT2D eigenvalue weighted by Crippen LogP contribution is 1.98. The topological polar surface area (TPSA) is 29.9 Å². The Bertz CT molecular complexity index is 217. The molecule has 0 amide bonds. The third-order valence-electron chi connectivity index (χ3n) is 1.81. The van der Waals surface area contributed by atoms with Crippen molar-refractivity contribution in [1.29, 1.82) is 0 Å². The highest BCUT2D eigenvalue weighted by Gasteiger charge is 1.95. The van der Waals surface area contributed by atoms with E-state index in [2.05, 4.69) is 28.0 Å². The Morgan fingerprint density at radius 1 is 1.58 bits per heavy atom. The molecule has 0 spiro atoms. The number of nitrogens with one attached hydrogen (secondary N) is 1. The van der Waals surface area contributed by atoms with Crippen LogP contribution in [0.15, 0.2) is 12.5 Å². The molecule has 12 heavy (non-hydrogen) atoms. The van der Waals surface area contributed by atoms with E-state index < -0.39 is 0 Å². The van der Waals surface area contributed by atoms with Crippen LogP contribution in [-0.2, 0) is 13.1 Å². The maximum atomic E-state index is 4.26. The molecule has 1 rings (SSSR count). The molecule has 0 bridgehead atoms. The first-order valence-electron chi connectivity index (χ1n) is 4.52. The van der Waals surface area contributed by atoms with Gasteiger partial charge in [-0.3, -0.25) is 0 Å². The van der Waals surface area contributed by atoms with Gasteiger partial charge in [0.1, 0.15) is 0 Å². The number of hydrogen-bond donors (Lipinski definition) is 1. The predicted octanol–water partition coefficient (Wildman–Crippen LogP) is 1.40. The molecule has 0 fully saturated rings. The van der Waals surface area contributed by atoms with Crippen LogP contribution in [0.25, 0.3) is 0 Å². The Kier molecular flexibility index (Phi) is 3.80. The largest absolute Gasteiger partial charge is 0.337 e. The van der Waals surface area contributed by atoms with E-state index in [4.69, 9.17) is 0 Å². The summed E-state index contributed by atoms with van der Waals surface area (Å²) in [5.41, 5.74) is 1.12. The van der Waals surface area contributed by atoms with Crippen molar-refractivity contribution in [3.8, 4) is 0 Å². The van der Waals surface area contributed by atoms with Crippen molar-refractivity contribution >= 4 is 0 Å². The van der Waals surface area contributed by atoms with E-state index in [1.54, 1.807) is 0 Å². The molecular formula is C9H17N3. The van der Waals surface area contributed by atoms with E-state index in [9.17, 15) is 0 Å². The summed E-state index contributed by atoms with van der Waals surface area (Å²) in [4.78, 5) is 4.26. The number of rotatable bonds is 5. The summed E-state index contributed by atoms with van der Waals surface area (Å²) < 4.78 is 2.15. The fraction of sp³-hybridized carbons (Fsp3) is 0.667. The lowest BCUT2D eigenvalue weighted by molar-refractivity contribution is 0.630. The van der Waals surface area contributed by atoms with Gasteiger partial charge in [-0.25, -0.2) is 4.98 Å². The van der Waals surface area contributed by atoms with Crippen molar-refractivity contribution in [3.05, 3.63) is 18.2 Å². The van der Waals surface area contributed by atoms with Crippen molar-refractivity contribution in [3.63, 3.8) is 0 Å². The number of hydrogen-bond acceptors (Lipinski definition) is 2. The number of aryl methyl sites for hydroxylation is 1. The first-order valence-corrected chi connectivity index (χ1v) is 4.52. The molecule has 0 aliphatic heterocycles. The molecular weight excluding hydrogens is 150 g/mol. The van der Waals surface area contributed by atoms with Gasteiger partial charge in [0, 0.05) is 19.3 Å². The van der Waals surface area contributed by atoms with Crippen LogP contribution in [0.5, 0.6) is 0 Å².